The van der Waals surface area contributed by atoms with Gasteiger partial charge < -0.3 is 4.74 Å². The topological polar surface area (TPSA) is 58.6 Å². The van der Waals surface area contributed by atoms with Crippen molar-refractivity contribution >= 4 is 84.4 Å². The lowest BCUT2D eigenvalue weighted by atomic mass is 10.1. The van der Waals surface area contributed by atoms with Gasteiger partial charge in [-0.15, -0.1) is 0 Å². The normalized spacial score (nSPS) is 15.5. The Hall–Kier alpha value is -2.00. The third-order valence-electron chi connectivity index (χ3n) is 3.85. The molecule has 0 radical (unpaired) electrons. The van der Waals surface area contributed by atoms with Gasteiger partial charge in [0.2, 0.25) is 0 Å². The van der Waals surface area contributed by atoms with Crippen LogP contribution in [0.2, 0.25) is 5.02 Å². The van der Waals surface area contributed by atoms with Crippen LogP contribution < -0.4 is 15.0 Å². The fourth-order valence-corrected chi connectivity index (χ4v) is 4.53. The molecule has 0 atom stereocenters. The van der Waals surface area contributed by atoms with E-state index in [1.807, 2.05) is 0 Å². The summed E-state index contributed by atoms with van der Waals surface area (Å²) < 4.78 is 6.91. The molecule has 1 heterocycles. The minimum atomic E-state index is -0.572. The Balaban J connectivity index is 1.99. The maximum absolute atomic E-state index is 13.0. The molecule has 0 bridgehead atoms. The minimum Gasteiger partial charge on any atom is -0.487 e. The predicted molar refractivity (Wildman–Crippen MR) is 125 cm³/mol. The molecule has 2 aromatic rings. The Morgan fingerprint density at radius 1 is 1.21 bits per heavy atom. The lowest BCUT2D eigenvalue weighted by Gasteiger charge is -2.29. The predicted octanol–water partition coefficient (Wildman–Crippen LogP) is 5.26. The number of nitrogens with zero attached hydrogens (tertiary/aromatic N) is 1. The van der Waals surface area contributed by atoms with Crippen LogP contribution >= 0.6 is 55.7 Å². The molecule has 0 aromatic heterocycles. The molecule has 1 saturated heterocycles. The summed E-state index contributed by atoms with van der Waals surface area (Å²) in [6.07, 6.45) is 3.12. The molecule has 5 nitrogen and oxygen atoms in total. The van der Waals surface area contributed by atoms with Gasteiger partial charge in [-0.3, -0.25) is 19.8 Å². The summed E-state index contributed by atoms with van der Waals surface area (Å²) in [5, 5.41) is 2.99. The van der Waals surface area contributed by atoms with Crippen molar-refractivity contribution < 1.29 is 14.3 Å². The van der Waals surface area contributed by atoms with Crippen LogP contribution in [0.15, 0.2) is 63.6 Å². The molecular weight excluding hydrogens is 544 g/mol. The molecule has 148 valence electrons. The van der Waals surface area contributed by atoms with E-state index in [9.17, 15) is 9.59 Å². The Kier molecular flexibility index (Phi) is 6.89. The summed E-state index contributed by atoms with van der Waals surface area (Å²) >= 11 is 18.1. The third kappa shape index (κ3) is 4.78. The molecule has 0 spiro atoms. The molecule has 2 amide bonds. The van der Waals surface area contributed by atoms with Gasteiger partial charge >= 0.3 is 0 Å². The lowest BCUT2D eigenvalue weighted by molar-refractivity contribution is -0.122. The second-order valence-electron chi connectivity index (χ2n) is 5.85. The number of hydrogen-bond donors (Lipinski definition) is 1. The first kappa shape index (κ1) is 21.7. The number of carbonyl (C=O) groups excluding carboxylic acids is 2. The number of benzene rings is 2. The van der Waals surface area contributed by atoms with Crippen LogP contribution in [0.5, 0.6) is 5.75 Å². The number of hydrogen-bond acceptors (Lipinski definition) is 4. The van der Waals surface area contributed by atoms with E-state index in [0.29, 0.717) is 37.6 Å². The monoisotopic (exact) mass is 554 g/mol. The number of thiocarbonyl (C=S) groups is 1. The summed E-state index contributed by atoms with van der Waals surface area (Å²) in [7, 11) is 0. The summed E-state index contributed by atoms with van der Waals surface area (Å²) in [6.45, 7) is 3.96. The largest absolute Gasteiger partial charge is 0.487 e. The van der Waals surface area contributed by atoms with Crippen molar-refractivity contribution in [2.24, 2.45) is 0 Å². The van der Waals surface area contributed by atoms with Gasteiger partial charge in [-0.1, -0.05) is 30.3 Å². The highest BCUT2D eigenvalue weighted by Crippen LogP contribution is 2.36. The first-order valence-corrected chi connectivity index (χ1v) is 10.6. The van der Waals surface area contributed by atoms with E-state index < -0.39 is 11.8 Å². The second kappa shape index (κ2) is 9.21. The Bertz CT molecular complexity index is 1050. The zero-order valence-corrected chi connectivity index (χ0v) is 19.5. The first-order valence-electron chi connectivity index (χ1n) is 8.21. The van der Waals surface area contributed by atoms with E-state index >= 15 is 0 Å². The molecule has 29 heavy (non-hydrogen) atoms. The molecule has 9 heteroatoms. The van der Waals surface area contributed by atoms with Gasteiger partial charge in [0, 0.05) is 5.02 Å². The molecular formula is C20H13Br2ClN2O3S. The highest BCUT2D eigenvalue weighted by atomic mass is 79.9. The molecule has 1 fully saturated rings. The fourth-order valence-electron chi connectivity index (χ4n) is 2.62. The van der Waals surface area contributed by atoms with Crippen molar-refractivity contribution in [3.8, 4) is 5.75 Å². The van der Waals surface area contributed by atoms with Gasteiger partial charge in [0.25, 0.3) is 11.8 Å². The number of ether oxygens (including phenoxy) is 1. The summed E-state index contributed by atoms with van der Waals surface area (Å²) in [5.74, 6) is -0.522. The van der Waals surface area contributed by atoms with Crippen LogP contribution in [0.3, 0.4) is 0 Å². The molecule has 1 N–H and O–H groups in total. The standard InChI is InChI=1S/C20H13Br2ClN2O3S/c1-2-6-28-17-15(21)8-11(9-16(17)22)7-14-18(26)24-20(29)25(19(14)27)13-5-3-4-12(23)10-13/h2-5,7-10H,1,6H2,(H,24,26,29)/b14-7+. The highest BCUT2D eigenvalue weighted by molar-refractivity contribution is 9.11. The summed E-state index contributed by atoms with van der Waals surface area (Å²) in [5.41, 5.74) is 1.03. The van der Waals surface area contributed by atoms with Crippen LogP contribution in [-0.4, -0.2) is 23.5 Å². The quantitative estimate of drug-likeness (QED) is 0.236. The molecule has 1 aliphatic rings. The van der Waals surface area contributed by atoms with E-state index in [0.717, 1.165) is 0 Å². The van der Waals surface area contributed by atoms with Crippen LogP contribution in [-0.2, 0) is 9.59 Å². The first-order chi connectivity index (χ1) is 13.8. The average molecular weight is 557 g/mol. The van der Waals surface area contributed by atoms with E-state index in [-0.39, 0.29) is 10.7 Å². The smallest absolute Gasteiger partial charge is 0.270 e. The van der Waals surface area contributed by atoms with E-state index in [1.54, 1.807) is 42.5 Å². The number of rotatable bonds is 5. The van der Waals surface area contributed by atoms with Crippen LogP contribution in [0.4, 0.5) is 5.69 Å². The Morgan fingerprint density at radius 2 is 1.90 bits per heavy atom. The molecule has 0 aliphatic carbocycles. The van der Waals surface area contributed by atoms with Crippen molar-refractivity contribution in [2.45, 2.75) is 0 Å². The second-order valence-corrected chi connectivity index (χ2v) is 8.38. The number of nitrogens with one attached hydrogen (secondary N) is 1. The lowest BCUT2D eigenvalue weighted by Crippen LogP contribution is -2.54. The van der Waals surface area contributed by atoms with Crippen molar-refractivity contribution in [2.75, 3.05) is 11.5 Å². The van der Waals surface area contributed by atoms with Gasteiger partial charge in [0.15, 0.2) is 5.11 Å². The average Bonchev–Trinajstić information content (AvgIpc) is 2.64. The van der Waals surface area contributed by atoms with Crippen LogP contribution in [0.1, 0.15) is 5.56 Å². The fraction of sp³-hybridized carbons (Fsp3) is 0.0500. The molecule has 3 rings (SSSR count). The highest BCUT2D eigenvalue weighted by Gasteiger charge is 2.34. The Labute approximate surface area is 194 Å². The van der Waals surface area contributed by atoms with Gasteiger partial charge in [-0.05, 0) is 86.0 Å². The zero-order valence-electron chi connectivity index (χ0n) is 14.7. The van der Waals surface area contributed by atoms with E-state index in [2.05, 4.69) is 43.8 Å². The number of halogens is 3. The summed E-state index contributed by atoms with van der Waals surface area (Å²) in [4.78, 5) is 26.7. The van der Waals surface area contributed by atoms with Crippen LogP contribution in [0.25, 0.3) is 6.08 Å². The minimum absolute atomic E-state index is 0.00468. The van der Waals surface area contributed by atoms with Gasteiger partial charge in [0.1, 0.15) is 17.9 Å². The van der Waals surface area contributed by atoms with Crippen molar-refractivity contribution in [3.05, 3.63) is 74.2 Å². The SMILES string of the molecule is C=CCOc1c(Br)cc(/C=C2\C(=O)NC(=S)N(c3cccc(Cl)c3)C2=O)cc1Br. The molecule has 0 unspecified atom stereocenters. The number of amides is 2. The van der Waals surface area contributed by atoms with Crippen molar-refractivity contribution in [1.82, 2.24) is 5.32 Å². The number of carbonyl (C=O) groups is 2. The maximum atomic E-state index is 13.0. The van der Waals surface area contributed by atoms with Gasteiger partial charge in [-0.25, -0.2) is 0 Å². The molecule has 1 aliphatic heterocycles. The van der Waals surface area contributed by atoms with Gasteiger partial charge in [0.05, 0.1) is 14.6 Å². The summed E-state index contributed by atoms with van der Waals surface area (Å²) in [6, 6.07) is 10.1. The van der Waals surface area contributed by atoms with Crippen LogP contribution in [0, 0.1) is 0 Å². The van der Waals surface area contributed by atoms with Crippen molar-refractivity contribution in [3.63, 3.8) is 0 Å². The molecule has 2 aromatic carbocycles. The van der Waals surface area contributed by atoms with E-state index in [1.165, 1.54) is 11.0 Å². The third-order valence-corrected chi connectivity index (χ3v) is 5.54. The number of anilines is 1. The maximum Gasteiger partial charge on any atom is 0.270 e. The van der Waals surface area contributed by atoms with E-state index in [4.69, 9.17) is 28.6 Å². The van der Waals surface area contributed by atoms with Crippen molar-refractivity contribution in [1.29, 1.82) is 0 Å². The molecule has 0 saturated carbocycles. The van der Waals surface area contributed by atoms with Gasteiger partial charge in [-0.2, -0.15) is 0 Å². The Morgan fingerprint density at radius 3 is 2.52 bits per heavy atom. The zero-order chi connectivity index (χ0) is 21.1.